The zero-order valence-corrected chi connectivity index (χ0v) is 7.62. The van der Waals surface area contributed by atoms with Crippen molar-refractivity contribution in [2.24, 2.45) is 11.7 Å². The van der Waals surface area contributed by atoms with Crippen LogP contribution < -0.4 is 5.73 Å². The molecule has 0 aromatic carbocycles. The summed E-state index contributed by atoms with van der Waals surface area (Å²) in [4.78, 5) is 4.02. The molecule has 1 aromatic rings. The molecule has 68 valence electrons. The Bertz CT molecular complexity index is 205. The highest BCUT2D eigenvalue weighted by molar-refractivity contribution is 4.85. The maximum atomic E-state index is 5.88. The van der Waals surface area contributed by atoms with E-state index in [4.69, 9.17) is 5.73 Å². The molecule has 1 heterocycles. The molecule has 12 heavy (non-hydrogen) atoms. The molecule has 1 rings (SSSR count). The number of H-pyrrole nitrogens is 1. The number of hydrogen-bond donors (Lipinski definition) is 2. The molecular formula is C8H16N4. The zero-order chi connectivity index (χ0) is 8.97. The fourth-order valence-corrected chi connectivity index (χ4v) is 1.27. The Morgan fingerprint density at radius 1 is 1.58 bits per heavy atom. The van der Waals surface area contributed by atoms with Crippen LogP contribution in [-0.4, -0.2) is 21.2 Å². The zero-order valence-electron chi connectivity index (χ0n) is 7.62. The molecule has 3 N–H and O–H groups in total. The van der Waals surface area contributed by atoms with Crippen LogP contribution >= 0.6 is 0 Å². The minimum atomic E-state index is 0.193. The maximum Gasteiger partial charge on any atom is 0.137 e. The first-order chi connectivity index (χ1) is 5.68. The standard InChI is InChI=1S/C8H16N4/c1-6(2)3-7(9)4-8-10-5-11-12-8/h5-7H,3-4,9H2,1-2H3,(H,10,11,12)/t7-/m0/s1. The first-order valence-electron chi connectivity index (χ1n) is 4.28. The van der Waals surface area contributed by atoms with Gasteiger partial charge in [-0.2, -0.15) is 5.10 Å². The molecule has 0 saturated carbocycles. The van der Waals surface area contributed by atoms with Crippen LogP contribution in [0.5, 0.6) is 0 Å². The maximum absolute atomic E-state index is 5.88. The van der Waals surface area contributed by atoms with Gasteiger partial charge in [-0.25, -0.2) is 4.98 Å². The number of aromatic amines is 1. The van der Waals surface area contributed by atoms with Crippen LogP contribution in [0.2, 0.25) is 0 Å². The third-order valence-corrected chi connectivity index (χ3v) is 1.69. The first-order valence-corrected chi connectivity index (χ1v) is 4.28. The van der Waals surface area contributed by atoms with Gasteiger partial charge in [0.1, 0.15) is 12.2 Å². The second kappa shape index (κ2) is 4.21. The summed E-state index contributed by atoms with van der Waals surface area (Å²) < 4.78 is 0. The van der Waals surface area contributed by atoms with Gasteiger partial charge < -0.3 is 5.73 Å². The molecule has 0 bridgehead atoms. The smallest absolute Gasteiger partial charge is 0.137 e. The minimum absolute atomic E-state index is 0.193. The van der Waals surface area contributed by atoms with E-state index in [1.807, 2.05) is 0 Å². The minimum Gasteiger partial charge on any atom is -0.327 e. The van der Waals surface area contributed by atoms with Crippen molar-refractivity contribution in [1.82, 2.24) is 15.2 Å². The molecule has 0 amide bonds. The number of nitrogens with zero attached hydrogens (tertiary/aromatic N) is 2. The van der Waals surface area contributed by atoms with Crippen molar-refractivity contribution in [1.29, 1.82) is 0 Å². The Labute approximate surface area is 72.6 Å². The number of nitrogens with two attached hydrogens (primary N) is 1. The second-order valence-corrected chi connectivity index (χ2v) is 3.53. The predicted molar refractivity (Wildman–Crippen MR) is 47.5 cm³/mol. The van der Waals surface area contributed by atoms with Gasteiger partial charge in [-0.05, 0) is 12.3 Å². The lowest BCUT2D eigenvalue weighted by Gasteiger charge is -2.11. The number of aromatic nitrogens is 3. The van der Waals surface area contributed by atoms with Gasteiger partial charge in [-0.15, -0.1) is 0 Å². The number of hydrogen-bond acceptors (Lipinski definition) is 3. The molecule has 0 unspecified atom stereocenters. The Morgan fingerprint density at radius 2 is 2.33 bits per heavy atom. The quantitative estimate of drug-likeness (QED) is 0.696. The van der Waals surface area contributed by atoms with Gasteiger partial charge in [-0.3, -0.25) is 5.10 Å². The lowest BCUT2D eigenvalue weighted by Crippen LogP contribution is -2.25. The Hall–Kier alpha value is -0.900. The molecule has 0 fully saturated rings. The summed E-state index contributed by atoms with van der Waals surface area (Å²) in [5.41, 5.74) is 5.88. The van der Waals surface area contributed by atoms with Gasteiger partial charge in [0.05, 0.1) is 0 Å². The van der Waals surface area contributed by atoms with E-state index in [0.29, 0.717) is 5.92 Å². The summed E-state index contributed by atoms with van der Waals surface area (Å²) in [5.74, 6) is 1.52. The summed E-state index contributed by atoms with van der Waals surface area (Å²) in [5, 5.41) is 6.56. The molecule has 0 radical (unpaired) electrons. The summed E-state index contributed by atoms with van der Waals surface area (Å²) in [7, 11) is 0. The van der Waals surface area contributed by atoms with E-state index < -0.39 is 0 Å². The van der Waals surface area contributed by atoms with Gasteiger partial charge in [0.15, 0.2) is 0 Å². The number of rotatable bonds is 4. The van der Waals surface area contributed by atoms with Gasteiger partial charge in [-0.1, -0.05) is 13.8 Å². The average molecular weight is 168 g/mol. The molecular weight excluding hydrogens is 152 g/mol. The topological polar surface area (TPSA) is 67.6 Å². The third kappa shape index (κ3) is 3.00. The monoisotopic (exact) mass is 168 g/mol. The van der Waals surface area contributed by atoms with Crippen molar-refractivity contribution in [2.75, 3.05) is 0 Å². The van der Waals surface area contributed by atoms with Crippen molar-refractivity contribution in [3.8, 4) is 0 Å². The summed E-state index contributed by atoms with van der Waals surface area (Å²) >= 11 is 0. The number of nitrogens with one attached hydrogen (secondary N) is 1. The van der Waals surface area contributed by atoms with Gasteiger partial charge in [0.25, 0.3) is 0 Å². The van der Waals surface area contributed by atoms with E-state index >= 15 is 0 Å². The Morgan fingerprint density at radius 3 is 2.83 bits per heavy atom. The molecule has 0 aliphatic carbocycles. The molecule has 1 atom stereocenters. The van der Waals surface area contributed by atoms with Crippen LogP contribution in [0.1, 0.15) is 26.1 Å². The molecule has 1 aromatic heterocycles. The Kier molecular flexibility index (Phi) is 3.22. The molecule has 4 heteroatoms. The predicted octanol–water partition coefficient (Wildman–Crippen LogP) is 0.721. The van der Waals surface area contributed by atoms with Crippen molar-refractivity contribution >= 4 is 0 Å². The normalized spacial score (nSPS) is 13.7. The van der Waals surface area contributed by atoms with E-state index in [2.05, 4.69) is 29.0 Å². The summed E-state index contributed by atoms with van der Waals surface area (Å²) in [6.07, 6.45) is 3.33. The van der Waals surface area contributed by atoms with Crippen LogP contribution in [0.25, 0.3) is 0 Å². The van der Waals surface area contributed by atoms with E-state index in [1.54, 1.807) is 0 Å². The lowest BCUT2D eigenvalue weighted by atomic mass is 10.0. The average Bonchev–Trinajstić information content (AvgIpc) is 2.37. The molecule has 0 aliphatic rings. The van der Waals surface area contributed by atoms with Crippen molar-refractivity contribution in [2.45, 2.75) is 32.7 Å². The fraction of sp³-hybridized carbons (Fsp3) is 0.750. The molecule has 0 spiro atoms. The van der Waals surface area contributed by atoms with Crippen molar-refractivity contribution < 1.29 is 0 Å². The SMILES string of the molecule is CC(C)C[C@H](N)Cc1ncn[nH]1. The van der Waals surface area contributed by atoms with Gasteiger partial charge in [0.2, 0.25) is 0 Å². The van der Waals surface area contributed by atoms with Gasteiger partial charge >= 0.3 is 0 Å². The fourth-order valence-electron chi connectivity index (χ4n) is 1.27. The highest BCUT2D eigenvalue weighted by Crippen LogP contribution is 2.05. The lowest BCUT2D eigenvalue weighted by molar-refractivity contribution is 0.487. The Balaban J connectivity index is 2.32. The molecule has 4 nitrogen and oxygen atoms in total. The van der Waals surface area contributed by atoms with Crippen molar-refractivity contribution in [3.63, 3.8) is 0 Å². The summed E-state index contributed by atoms with van der Waals surface area (Å²) in [6.45, 7) is 4.33. The highest BCUT2D eigenvalue weighted by atomic mass is 15.2. The van der Waals surface area contributed by atoms with Crippen LogP contribution in [-0.2, 0) is 6.42 Å². The molecule has 0 saturated heterocycles. The summed E-state index contributed by atoms with van der Waals surface area (Å²) in [6, 6.07) is 0.193. The first kappa shape index (κ1) is 9.19. The third-order valence-electron chi connectivity index (χ3n) is 1.69. The second-order valence-electron chi connectivity index (χ2n) is 3.53. The van der Waals surface area contributed by atoms with Crippen LogP contribution in [0.4, 0.5) is 0 Å². The van der Waals surface area contributed by atoms with Crippen molar-refractivity contribution in [3.05, 3.63) is 12.2 Å². The largest absolute Gasteiger partial charge is 0.327 e. The van der Waals surface area contributed by atoms with Crippen LogP contribution in [0.15, 0.2) is 6.33 Å². The van der Waals surface area contributed by atoms with E-state index in [9.17, 15) is 0 Å². The molecule has 0 aliphatic heterocycles. The van der Waals surface area contributed by atoms with Gasteiger partial charge in [0, 0.05) is 12.5 Å². The highest BCUT2D eigenvalue weighted by Gasteiger charge is 2.07. The van der Waals surface area contributed by atoms with E-state index in [0.717, 1.165) is 18.7 Å². The van der Waals surface area contributed by atoms with E-state index in [1.165, 1.54) is 6.33 Å². The van der Waals surface area contributed by atoms with Crippen LogP contribution in [0, 0.1) is 5.92 Å². The van der Waals surface area contributed by atoms with Crippen LogP contribution in [0.3, 0.4) is 0 Å². The van der Waals surface area contributed by atoms with E-state index in [-0.39, 0.29) is 6.04 Å².